The minimum absolute atomic E-state index is 0.287. The van der Waals surface area contributed by atoms with E-state index in [0.29, 0.717) is 22.5 Å². The Kier molecular flexibility index (Phi) is 16.7. The molecule has 0 radical (unpaired) electrons. The molecular formula is C42H58N2O2S2. The van der Waals surface area contributed by atoms with E-state index in [-0.39, 0.29) is 10.4 Å². The van der Waals surface area contributed by atoms with Crippen LogP contribution in [0.25, 0.3) is 22.5 Å². The third-order valence-electron chi connectivity index (χ3n) is 9.85. The molecule has 0 aromatic heterocycles. The lowest BCUT2D eigenvalue weighted by Gasteiger charge is -2.07. The molecule has 0 fully saturated rings. The van der Waals surface area contributed by atoms with Crippen molar-refractivity contribution in [2.24, 2.45) is 0 Å². The molecule has 2 heterocycles. The van der Waals surface area contributed by atoms with Crippen molar-refractivity contribution < 1.29 is 0 Å². The number of rotatable bonds is 24. The second-order valence-corrected chi connectivity index (χ2v) is 14.8. The van der Waals surface area contributed by atoms with Gasteiger partial charge in [0.25, 0.3) is 11.1 Å². The standard InChI is InChI=1S/C42H58N2O2S2/c1-3-5-7-9-11-13-15-17-19-21-23-31-25-27-33(35(47)29-31)39-37-38(42(46)43-39)40(44-41(37)45)34-28-26-32(30-36(34)48)24-22-20-18-16-14-12-10-8-6-4-2/h25-30,47-48H,3-24H2,1-2H3. The predicted molar refractivity (Wildman–Crippen MR) is 209 cm³/mol. The Morgan fingerprint density at radius 3 is 1.08 bits per heavy atom. The molecule has 0 aliphatic carbocycles. The minimum atomic E-state index is -0.422. The van der Waals surface area contributed by atoms with Crippen LogP contribution in [0.15, 0.2) is 55.8 Å². The van der Waals surface area contributed by atoms with Gasteiger partial charge >= 0.3 is 0 Å². The molecule has 2 aromatic rings. The highest BCUT2D eigenvalue weighted by atomic mass is 32.1. The van der Waals surface area contributed by atoms with E-state index in [1.165, 1.54) is 127 Å². The zero-order chi connectivity index (χ0) is 34.1. The van der Waals surface area contributed by atoms with Crippen LogP contribution in [-0.4, -0.2) is 9.97 Å². The molecule has 0 saturated carbocycles. The first-order valence-electron chi connectivity index (χ1n) is 19.1. The first-order valence-corrected chi connectivity index (χ1v) is 20.0. The minimum Gasteiger partial charge on any atom is -0.267 e. The molecule has 0 N–H and O–H groups in total. The van der Waals surface area contributed by atoms with Gasteiger partial charge < -0.3 is 0 Å². The fourth-order valence-electron chi connectivity index (χ4n) is 6.97. The summed E-state index contributed by atoms with van der Waals surface area (Å²) >= 11 is 9.54. The molecule has 0 amide bonds. The van der Waals surface area contributed by atoms with Gasteiger partial charge in [-0.3, -0.25) is 9.59 Å². The topological polar surface area (TPSA) is 59.9 Å². The Morgan fingerprint density at radius 2 is 0.771 bits per heavy atom. The van der Waals surface area contributed by atoms with Gasteiger partial charge in [0.2, 0.25) is 0 Å². The second-order valence-electron chi connectivity index (χ2n) is 13.8. The number of hydrogen-bond acceptors (Lipinski definition) is 6. The zero-order valence-corrected chi connectivity index (χ0v) is 31.4. The van der Waals surface area contributed by atoms with Crippen LogP contribution in [0.3, 0.4) is 0 Å². The summed E-state index contributed by atoms with van der Waals surface area (Å²) in [5.41, 5.74) is 3.75. The molecule has 0 unspecified atom stereocenters. The van der Waals surface area contributed by atoms with Gasteiger partial charge in [-0.15, -0.1) is 25.3 Å². The highest BCUT2D eigenvalue weighted by molar-refractivity contribution is 7.80. The van der Waals surface area contributed by atoms with Crippen LogP contribution >= 0.6 is 25.3 Å². The Labute approximate surface area is 300 Å². The average molecular weight is 687 g/mol. The monoisotopic (exact) mass is 686 g/mol. The van der Waals surface area contributed by atoms with Crippen LogP contribution < -0.4 is 11.1 Å². The van der Waals surface area contributed by atoms with Crippen LogP contribution in [0, 0.1) is 10.4 Å². The van der Waals surface area contributed by atoms with Crippen molar-refractivity contribution in [2.45, 2.75) is 165 Å². The molecular weight excluding hydrogens is 629 g/mol. The summed E-state index contributed by atoms with van der Waals surface area (Å²) in [6, 6.07) is 12.2. The van der Waals surface area contributed by atoms with Crippen molar-refractivity contribution in [2.75, 3.05) is 0 Å². The van der Waals surface area contributed by atoms with Gasteiger partial charge in [0.15, 0.2) is 0 Å². The molecule has 4 nitrogen and oxygen atoms in total. The van der Waals surface area contributed by atoms with Crippen LogP contribution in [0.5, 0.6) is 0 Å². The number of aryl methyl sites for hydroxylation is 2. The number of hydrogen-bond donors (Lipinski definition) is 2. The quantitative estimate of drug-likeness (QED) is 0.0569. The van der Waals surface area contributed by atoms with E-state index < -0.39 is 11.1 Å². The highest BCUT2D eigenvalue weighted by Gasteiger charge is 2.22. The molecule has 0 saturated heterocycles. The van der Waals surface area contributed by atoms with Crippen LogP contribution in [0.2, 0.25) is 0 Å². The summed E-state index contributed by atoms with van der Waals surface area (Å²) in [6.45, 7) is 4.53. The highest BCUT2D eigenvalue weighted by Crippen LogP contribution is 2.31. The van der Waals surface area contributed by atoms with Crippen molar-refractivity contribution in [3.05, 3.63) is 78.7 Å². The van der Waals surface area contributed by atoms with E-state index in [1.54, 1.807) is 0 Å². The number of unbranched alkanes of at least 4 members (excludes halogenated alkanes) is 18. The molecule has 0 atom stereocenters. The van der Waals surface area contributed by atoms with E-state index in [9.17, 15) is 9.59 Å². The largest absolute Gasteiger partial charge is 0.280 e. The predicted octanol–water partition coefficient (Wildman–Crippen LogP) is 11.6. The zero-order valence-electron chi connectivity index (χ0n) is 29.6. The van der Waals surface area contributed by atoms with Gasteiger partial charge in [0.1, 0.15) is 0 Å². The fourth-order valence-corrected chi connectivity index (χ4v) is 7.66. The van der Waals surface area contributed by atoms with Gasteiger partial charge in [-0.1, -0.05) is 154 Å². The van der Waals surface area contributed by atoms with Gasteiger partial charge in [-0.25, -0.2) is 9.97 Å². The van der Waals surface area contributed by atoms with Gasteiger partial charge in [0.05, 0.1) is 21.8 Å². The molecule has 2 aliphatic rings. The van der Waals surface area contributed by atoms with Crippen LogP contribution in [0.4, 0.5) is 0 Å². The maximum atomic E-state index is 13.2. The number of aromatic nitrogens is 2. The third-order valence-corrected chi connectivity index (χ3v) is 10.6. The lowest BCUT2D eigenvalue weighted by molar-refractivity contribution is 0.556. The summed E-state index contributed by atoms with van der Waals surface area (Å²) < 4.78 is 0. The van der Waals surface area contributed by atoms with Gasteiger partial charge in [-0.2, -0.15) is 0 Å². The van der Waals surface area contributed by atoms with E-state index in [2.05, 4.69) is 48.1 Å². The molecule has 0 bridgehead atoms. The molecule has 2 aliphatic heterocycles. The van der Waals surface area contributed by atoms with Crippen molar-refractivity contribution in [3.63, 3.8) is 0 Å². The Hall–Kier alpha value is -2.44. The lowest BCUT2D eigenvalue weighted by Crippen LogP contribution is -2.05. The van der Waals surface area contributed by atoms with E-state index in [1.807, 2.05) is 12.1 Å². The summed E-state index contributed by atoms with van der Waals surface area (Å²) in [5, 5.41) is 0.574. The molecule has 6 heteroatoms. The first-order chi connectivity index (χ1) is 23.4. The van der Waals surface area contributed by atoms with Crippen LogP contribution in [-0.2, 0) is 12.8 Å². The molecule has 260 valence electrons. The third kappa shape index (κ3) is 11.3. The number of benzene rings is 2. The second kappa shape index (κ2) is 20.9. The molecule has 2 aromatic carbocycles. The molecule has 48 heavy (non-hydrogen) atoms. The Bertz CT molecular complexity index is 1570. The molecule has 4 rings (SSSR count). The summed E-state index contributed by atoms with van der Waals surface area (Å²) in [5.74, 6) is 0. The van der Waals surface area contributed by atoms with Crippen LogP contribution in [0.1, 0.15) is 153 Å². The van der Waals surface area contributed by atoms with E-state index in [0.717, 1.165) is 35.5 Å². The SMILES string of the molecule is CCCCCCCCCCCCc1ccc(-c2nc(=O)c3c(-c4ccc(CCCCCCCCCCCC)cc4S)nc(=O)c2=3)c(S)c1. The van der Waals surface area contributed by atoms with Crippen molar-refractivity contribution >= 4 is 25.3 Å². The molecule has 0 spiro atoms. The normalized spacial score (nSPS) is 11.7. The maximum Gasteiger partial charge on any atom is 0.280 e. The Morgan fingerprint density at radius 1 is 0.458 bits per heavy atom. The van der Waals surface area contributed by atoms with E-state index >= 15 is 0 Å². The van der Waals surface area contributed by atoms with Gasteiger partial charge in [-0.05, 0) is 48.9 Å². The smallest absolute Gasteiger partial charge is 0.267 e. The summed E-state index contributed by atoms with van der Waals surface area (Å²) in [6.07, 6.45) is 28.3. The maximum absolute atomic E-state index is 13.2. The van der Waals surface area contributed by atoms with Crippen molar-refractivity contribution in [3.8, 4) is 22.5 Å². The number of thiol groups is 2. The lowest BCUT2D eigenvalue weighted by atomic mass is 10.0. The number of nitrogens with zero attached hydrogens (tertiary/aromatic N) is 2. The van der Waals surface area contributed by atoms with E-state index in [4.69, 9.17) is 25.3 Å². The summed E-state index contributed by atoms with van der Waals surface area (Å²) in [7, 11) is 0. The summed E-state index contributed by atoms with van der Waals surface area (Å²) in [4.78, 5) is 36.6. The van der Waals surface area contributed by atoms with Crippen molar-refractivity contribution in [1.29, 1.82) is 0 Å². The first kappa shape index (κ1) is 38.4. The average Bonchev–Trinajstić information content (AvgIpc) is 3.60. The van der Waals surface area contributed by atoms with Gasteiger partial charge in [0, 0.05) is 20.9 Å². The Balaban J connectivity index is 1.33. The fraction of sp³-hybridized carbons (Fsp3) is 0.571. The van der Waals surface area contributed by atoms with Crippen molar-refractivity contribution in [1.82, 2.24) is 9.97 Å².